The fourth-order valence-corrected chi connectivity index (χ4v) is 4.29. The number of fused-ring (bicyclic) bond motifs is 2. The van der Waals surface area contributed by atoms with Crippen molar-refractivity contribution < 1.29 is 29.0 Å². The third-order valence-corrected chi connectivity index (χ3v) is 6.12. The molecule has 12 heteroatoms. The number of imidazole rings is 1. The summed E-state index contributed by atoms with van der Waals surface area (Å²) in [5, 5.41) is 10.5. The summed E-state index contributed by atoms with van der Waals surface area (Å²) in [5.41, 5.74) is 8.87. The minimum Gasteiger partial charge on any atom is -0.480 e. The Labute approximate surface area is 216 Å². The molecule has 2 aromatic carbocycles. The lowest BCUT2D eigenvalue weighted by Gasteiger charge is -2.13. The van der Waals surface area contributed by atoms with Crippen LogP contribution in [0, 0.1) is 0 Å². The molecule has 0 saturated heterocycles. The zero-order chi connectivity index (χ0) is 26.8. The minimum atomic E-state index is -0.358. The molecule has 0 atom stereocenters. The molecule has 0 fully saturated rings. The first-order valence-electron chi connectivity index (χ1n) is 11.8. The number of methoxy groups -OCH3 is 1. The summed E-state index contributed by atoms with van der Waals surface area (Å²) in [7, 11) is 1.33. The zero-order valence-electron chi connectivity index (χ0n) is 20.5. The van der Waals surface area contributed by atoms with Gasteiger partial charge in [-0.15, -0.1) is 0 Å². The fourth-order valence-electron chi connectivity index (χ4n) is 4.29. The van der Waals surface area contributed by atoms with Crippen LogP contribution in [0.4, 0.5) is 5.82 Å². The number of ether oxygens (including phenoxy) is 2. The van der Waals surface area contributed by atoms with Crippen LogP contribution in [0.3, 0.4) is 0 Å². The van der Waals surface area contributed by atoms with Gasteiger partial charge in [0.15, 0.2) is 17.0 Å². The summed E-state index contributed by atoms with van der Waals surface area (Å²) in [6.45, 7) is 0.492. The molecular weight excluding hydrogens is 492 g/mol. The van der Waals surface area contributed by atoms with Gasteiger partial charge in [0.05, 0.1) is 37.8 Å². The van der Waals surface area contributed by atoms with E-state index in [0.717, 1.165) is 11.1 Å². The zero-order valence-corrected chi connectivity index (χ0v) is 20.5. The van der Waals surface area contributed by atoms with E-state index < -0.39 is 0 Å². The number of nitrogen functional groups attached to an aromatic ring is 1. The van der Waals surface area contributed by atoms with Gasteiger partial charge in [0.2, 0.25) is 0 Å². The number of aromatic nitrogens is 4. The van der Waals surface area contributed by atoms with Gasteiger partial charge < -0.3 is 20.3 Å². The minimum absolute atomic E-state index is 0.0267. The molecule has 1 aliphatic heterocycles. The van der Waals surface area contributed by atoms with Crippen LogP contribution in [0.5, 0.6) is 12.0 Å². The highest BCUT2D eigenvalue weighted by atomic mass is 16.5. The van der Waals surface area contributed by atoms with E-state index in [4.69, 9.17) is 15.2 Å². The first kappa shape index (κ1) is 24.7. The van der Waals surface area contributed by atoms with Gasteiger partial charge in [-0.3, -0.25) is 23.9 Å². The third-order valence-electron chi connectivity index (χ3n) is 6.12. The first-order valence-corrected chi connectivity index (χ1v) is 11.8. The highest BCUT2D eigenvalue weighted by Gasteiger charge is 2.34. The van der Waals surface area contributed by atoms with E-state index in [-0.39, 0.29) is 72.9 Å². The predicted molar refractivity (Wildman–Crippen MR) is 135 cm³/mol. The standard InChI is InChI=1S/C26H24N6O6/c1-37-19(33)13-15-6-4-7-16(12-15)14-32-22-20(28-26(32)36)21(27)29-25(30-22)38-11-5-10-31-23(34)17-8-2-3-9-18(17)24(31)35/h2-4,6-9,12H,5,10-11,13-14H2,1H3,(H,28,36)(H2,27,29,30). The topological polar surface area (TPSA) is 163 Å². The van der Waals surface area contributed by atoms with Gasteiger partial charge in [-0.1, -0.05) is 36.4 Å². The molecule has 12 nitrogen and oxygen atoms in total. The van der Waals surface area contributed by atoms with Crippen molar-refractivity contribution in [2.24, 2.45) is 0 Å². The van der Waals surface area contributed by atoms with E-state index >= 15 is 0 Å². The average Bonchev–Trinajstić information content (AvgIpc) is 3.35. The molecule has 0 spiro atoms. The van der Waals surface area contributed by atoms with E-state index in [1.54, 1.807) is 36.4 Å². The highest BCUT2D eigenvalue weighted by Crippen LogP contribution is 2.26. The fraction of sp³-hybridized carbons (Fsp3) is 0.231. The molecule has 2 amide bonds. The molecule has 0 unspecified atom stereocenters. The van der Waals surface area contributed by atoms with Gasteiger partial charge in [0, 0.05) is 6.54 Å². The highest BCUT2D eigenvalue weighted by molar-refractivity contribution is 6.21. The van der Waals surface area contributed by atoms with Crippen LogP contribution < -0.4 is 10.5 Å². The van der Waals surface area contributed by atoms with Gasteiger partial charge in [-0.05, 0) is 29.7 Å². The molecule has 194 valence electrons. The number of imide groups is 1. The van der Waals surface area contributed by atoms with Crippen molar-refractivity contribution in [2.75, 3.05) is 26.0 Å². The van der Waals surface area contributed by atoms with Crippen molar-refractivity contribution >= 4 is 34.8 Å². The van der Waals surface area contributed by atoms with E-state index in [0.29, 0.717) is 17.5 Å². The lowest BCUT2D eigenvalue weighted by Crippen LogP contribution is -2.31. The lowest BCUT2D eigenvalue weighted by atomic mass is 10.1. The first-order chi connectivity index (χ1) is 18.4. The molecule has 5 rings (SSSR count). The predicted octanol–water partition coefficient (Wildman–Crippen LogP) is 1.94. The number of hydrogen-bond acceptors (Lipinski definition) is 10. The van der Waals surface area contributed by atoms with E-state index in [1.807, 2.05) is 12.1 Å². The summed E-state index contributed by atoms with van der Waals surface area (Å²) in [4.78, 5) is 50.4. The van der Waals surface area contributed by atoms with E-state index in [2.05, 4.69) is 15.0 Å². The normalized spacial score (nSPS) is 12.7. The van der Waals surface area contributed by atoms with Gasteiger partial charge in [0.25, 0.3) is 17.8 Å². The van der Waals surface area contributed by atoms with Gasteiger partial charge in [-0.2, -0.15) is 15.0 Å². The molecule has 0 radical (unpaired) electrons. The second kappa shape index (κ2) is 10.2. The molecule has 4 aromatic rings. The smallest absolute Gasteiger partial charge is 0.320 e. The number of anilines is 1. The summed E-state index contributed by atoms with van der Waals surface area (Å²) in [6.07, 6.45) is 0.471. The van der Waals surface area contributed by atoms with E-state index in [9.17, 15) is 19.5 Å². The number of carbonyl (C=O) groups is 3. The Hall–Kier alpha value is -5.00. The van der Waals surface area contributed by atoms with E-state index in [1.165, 1.54) is 16.6 Å². The molecule has 1 aliphatic rings. The lowest BCUT2D eigenvalue weighted by molar-refractivity contribution is -0.139. The Balaban J connectivity index is 1.28. The molecule has 2 aromatic heterocycles. The quantitative estimate of drug-likeness (QED) is 0.191. The van der Waals surface area contributed by atoms with Crippen LogP contribution in [-0.2, 0) is 22.5 Å². The average molecular weight is 517 g/mol. The second-order valence-corrected chi connectivity index (χ2v) is 8.64. The van der Waals surface area contributed by atoms with Crippen LogP contribution >= 0.6 is 0 Å². The van der Waals surface area contributed by atoms with Crippen molar-refractivity contribution in [1.29, 1.82) is 0 Å². The van der Waals surface area contributed by atoms with Crippen LogP contribution in [0.2, 0.25) is 0 Å². The number of nitrogens with zero attached hydrogens (tertiary/aromatic N) is 5. The van der Waals surface area contributed by atoms with Gasteiger partial charge in [-0.25, -0.2) is 0 Å². The van der Waals surface area contributed by atoms with Crippen molar-refractivity contribution in [2.45, 2.75) is 19.4 Å². The maximum absolute atomic E-state index is 12.5. The molecule has 0 saturated carbocycles. The number of rotatable bonds is 9. The Morgan fingerprint density at radius 2 is 1.71 bits per heavy atom. The Kier molecular flexibility index (Phi) is 6.60. The largest absolute Gasteiger partial charge is 0.480 e. The van der Waals surface area contributed by atoms with Crippen molar-refractivity contribution in [3.63, 3.8) is 0 Å². The molecule has 0 aliphatic carbocycles. The summed E-state index contributed by atoms with van der Waals surface area (Å²) in [5.74, 6) is -0.993. The van der Waals surface area contributed by atoms with Crippen molar-refractivity contribution in [3.8, 4) is 12.0 Å². The molecule has 38 heavy (non-hydrogen) atoms. The number of nitrogens with two attached hydrogens (primary N) is 1. The molecule has 0 bridgehead atoms. The number of aromatic hydroxyl groups is 1. The van der Waals surface area contributed by atoms with Gasteiger partial charge >= 0.3 is 12.0 Å². The second-order valence-electron chi connectivity index (χ2n) is 8.64. The van der Waals surface area contributed by atoms with Crippen molar-refractivity contribution in [3.05, 3.63) is 70.8 Å². The summed E-state index contributed by atoms with van der Waals surface area (Å²) >= 11 is 0. The number of hydrogen-bond donors (Lipinski definition) is 2. The monoisotopic (exact) mass is 516 g/mol. The van der Waals surface area contributed by atoms with Crippen molar-refractivity contribution in [1.82, 2.24) is 24.4 Å². The summed E-state index contributed by atoms with van der Waals surface area (Å²) < 4.78 is 11.8. The number of esters is 1. The van der Waals surface area contributed by atoms with Crippen LogP contribution in [0.1, 0.15) is 38.3 Å². The molecular formula is C26H24N6O6. The maximum atomic E-state index is 12.5. The van der Waals surface area contributed by atoms with Gasteiger partial charge in [0.1, 0.15) is 0 Å². The van der Waals surface area contributed by atoms with Crippen LogP contribution in [-0.4, -0.2) is 67.6 Å². The number of amides is 2. The summed E-state index contributed by atoms with van der Waals surface area (Å²) in [6, 6.07) is 13.6. The van der Waals surface area contributed by atoms with Crippen LogP contribution in [0.25, 0.3) is 11.2 Å². The number of benzene rings is 2. The SMILES string of the molecule is COC(=O)Cc1cccc(Cn2c(O)nc3c(N)nc(OCCCN4C(=O)c5ccccc5C4=O)nc32)c1. The third kappa shape index (κ3) is 4.71. The molecule has 3 heterocycles. The Morgan fingerprint density at radius 1 is 1.00 bits per heavy atom. The Morgan fingerprint density at radius 3 is 2.42 bits per heavy atom. The molecule has 3 N–H and O–H groups in total. The Bertz CT molecular complexity index is 1530. The van der Waals surface area contributed by atoms with Crippen LogP contribution in [0.15, 0.2) is 48.5 Å². The maximum Gasteiger partial charge on any atom is 0.320 e. The number of carbonyl (C=O) groups excluding carboxylic acids is 3.